The van der Waals surface area contributed by atoms with Gasteiger partial charge in [-0.15, -0.1) is 5.10 Å². The first-order valence-electron chi connectivity index (χ1n) is 10.1. The molecule has 0 spiro atoms. The first-order chi connectivity index (χ1) is 16.0. The number of rotatable bonds is 12. The van der Waals surface area contributed by atoms with Gasteiger partial charge in [0.15, 0.2) is 0 Å². The molecular formula is C21H23N7O4S. The van der Waals surface area contributed by atoms with Gasteiger partial charge in [0, 0.05) is 23.9 Å². The highest BCUT2D eigenvalue weighted by molar-refractivity contribution is 7.99. The van der Waals surface area contributed by atoms with E-state index in [1.54, 1.807) is 24.3 Å². The van der Waals surface area contributed by atoms with Gasteiger partial charge in [-0.05, 0) is 36.2 Å². The summed E-state index contributed by atoms with van der Waals surface area (Å²) >= 11 is 1.17. The highest BCUT2D eigenvalue weighted by atomic mass is 32.2. The van der Waals surface area contributed by atoms with E-state index >= 15 is 0 Å². The van der Waals surface area contributed by atoms with Crippen LogP contribution in [0, 0.1) is 10.1 Å². The second-order valence-corrected chi connectivity index (χ2v) is 7.69. The van der Waals surface area contributed by atoms with Gasteiger partial charge in [-0.2, -0.15) is 10.1 Å². The number of carbonyl (C=O) groups is 1. The summed E-state index contributed by atoms with van der Waals surface area (Å²) in [4.78, 5) is 26.6. The number of H-pyrrole nitrogens is 1. The van der Waals surface area contributed by atoms with Crippen molar-refractivity contribution in [3.63, 3.8) is 0 Å². The van der Waals surface area contributed by atoms with Crippen LogP contribution in [-0.2, 0) is 4.79 Å². The molecule has 0 bridgehead atoms. The summed E-state index contributed by atoms with van der Waals surface area (Å²) in [6.45, 7) is 2.74. The van der Waals surface area contributed by atoms with Gasteiger partial charge in [0.2, 0.25) is 17.0 Å². The van der Waals surface area contributed by atoms with Gasteiger partial charge in [-0.3, -0.25) is 14.9 Å². The predicted octanol–water partition coefficient (Wildman–Crippen LogP) is 4.07. The van der Waals surface area contributed by atoms with Crippen LogP contribution in [0.4, 0.5) is 17.3 Å². The lowest BCUT2D eigenvalue weighted by Crippen LogP contribution is -2.14. The number of unbranched alkanes of at least 4 members (excludes halogenated alkanes) is 1. The molecular weight excluding hydrogens is 446 g/mol. The molecule has 0 saturated carbocycles. The van der Waals surface area contributed by atoms with E-state index in [0.29, 0.717) is 34.7 Å². The first-order valence-corrected chi connectivity index (χ1v) is 11.1. The fourth-order valence-electron chi connectivity index (χ4n) is 2.54. The first kappa shape index (κ1) is 23.7. The summed E-state index contributed by atoms with van der Waals surface area (Å²) in [6, 6.07) is 13.2. The molecule has 0 saturated heterocycles. The molecule has 12 heteroatoms. The third-order valence-electron chi connectivity index (χ3n) is 4.17. The number of nitrogens with zero attached hydrogens (tertiary/aromatic N) is 4. The number of aromatic amines is 1. The minimum Gasteiger partial charge on any atom is -0.494 e. The van der Waals surface area contributed by atoms with E-state index in [1.807, 2.05) is 12.1 Å². The van der Waals surface area contributed by atoms with Crippen molar-refractivity contribution in [2.24, 2.45) is 5.10 Å². The second-order valence-electron chi connectivity index (χ2n) is 6.75. The Hall–Kier alpha value is -3.93. The number of thioether (sulfide) groups is 1. The van der Waals surface area contributed by atoms with Crippen LogP contribution < -0.4 is 15.5 Å². The smallest absolute Gasteiger partial charge is 0.269 e. The molecule has 3 rings (SSSR count). The van der Waals surface area contributed by atoms with Gasteiger partial charge in [-0.1, -0.05) is 31.2 Å². The minimum absolute atomic E-state index is 0.00839. The van der Waals surface area contributed by atoms with Crippen LogP contribution in [0.2, 0.25) is 0 Å². The molecule has 0 fully saturated rings. The number of nitrogens with one attached hydrogen (secondary N) is 3. The molecule has 0 aliphatic heterocycles. The number of hydrogen-bond acceptors (Lipinski definition) is 9. The summed E-state index contributed by atoms with van der Waals surface area (Å²) in [5.74, 6) is 0.951. The SMILES string of the molecule is CCCCOc1cccc(NC(=O)CSc2n[nH]c(N/N=C\c3ccc([N+](=O)[O-])cc3)n2)c1. The van der Waals surface area contributed by atoms with Gasteiger partial charge >= 0.3 is 0 Å². The van der Waals surface area contributed by atoms with E-state index in [2.05, 4.69) is 37.9 Å². The monoisotopic (exact) mass is 469 g/mol. The van der Waals surface area contributed by atoms with E-state index in [-0.39, 0.29) is 17.3 Å². The van der Waals surface area contributed by atoms with Crippen molar-refractivity contribution < 1.29 is 14.5 Å². The minimum atomic E-state index is -0.465. The quantitative estimate of drug-likeness (QED) is 0.118. The lowest BCUT2D eigenvalue weighted by molar-refractivity contribution is -0.384. The third kappa shape index (κ3) is 7.92. The van der Waals surface area contributed by atoms with Crippen LogP contribution in [-0.4, -0.2) is 44.6 Å². The maximum absolute atomic E-state index is 12.2. The molecule has 3 N–H and O–H groups in total. The molecule has 172 valence electrons. The molecule has 3 aromatic rings. The fourth-order valence-corrected chi connectivity index (χ4v) is 3.13. The number of benzene rings is 2. The normalized spacial score (nSPS) is 10.8. The number of carbonyl (C=O) groups excluding carboxylic acids is 1. The predicted molar refractivity (Wildman–Crippen MR) is 127 cm³/mol. The number of anilines is 2. The van der Waals surface area contributed by atoms with Crippen LogP contribution in [0.1, 0.15) is 25.3 Å². The Kier molecular flexibility index (Phi) is 8.77. The Bertz CT molecular complexity index is 1100. The Morgan fingerprint density at radius 1 is 1.30 bits per heavy atom. The van der Waals surface area contributed by atoms with E-state index in [4.69, 9.17) is 4.74 Å². The zero-order valence-electron chi connectivity index (χ0n) is 17.9. The third-order valence-corrected chi connectivity index (χ3v) is 5.02. The van der Waals surface area contributed by atoms with Crippen LogP contribution in [0.25, 0.3) is 0 Å². The molecule has 0 unspecified atom stereocenters. The van der Waals surface area contributed by atoms with Crippen LogP contribution in [0.15, 0.2) is 58.8 Å². The lowest BCUT2D eigenvalue weighted by atomic mass is 10.2. The number of amides is 1. The molecule has 11 nitrogen and oxygen atoms in total. The van der Waals surface area contributed by atoms with Crippen molar-refractivity contribution in [2.45, 2.75) is 24.9 Å². The largest absolute Gasteiger partial charge is 0.494 e. The topological polar surface area (TPSA) is 147 Å². The molecule has 2 aromatic carbocycles. The van der Waals surface area contributed by atoms with Crippen molar-refractivity contribution in [1.82, 2.24) is 15.2 Å². The number of non-ortho nitro benzene ring substituents is 1. The molecule has 33 heavy (non-hydrogen) atoms. The van der Waals surface area contributed by atoms with Crippen molar-refractivity contribution in [3.05, 3.63) is 64.2 Å². The highest BCUT2D eigenvalue weighted by Crippen LogP contribution is 2.19. The average molecular weight is 470 g/mol. The summed E-state index contributed by atoms with van der Waals surface area (Å²) in [5.41, 5.74) is 4.03. The number of nitro benzene ring substituents is 1. The highest BCUT2D eigenvalue weighted by Gasteiger charge is 2.09. The van der Waals surface area contributed by atoms with Crippen molar-refractivity contribution in [3.8, 4) is 5.75 Å². The Balaban J connectivity index is 1.43. The average Bonchev–Trinajstić information content (AvgIpc) is 3.26. The zero-order chi connectivity index (χ0) is 23.5. The maximum Gasteiger partial charge on any atom is 0.269 e. The standard InChI is InChI=1S/C21H23N7O4S/c1-2-3-11-32-18-6-4-5-16(12-18)23-19(29)14-33-21-24-20(26-27-21)25-22-13-15-7-9-17(10-8-15)28(30)31/h4-10,12-13H,2-3,11,14H2,1H3,(H,23,29)(H2,24,25,26,27)/b22-13-. The molecule has 1 heterocycles. The van der Waals surface area contributed by atoms with Gasteiger partial charge < -0.3 is 10.1 Å². The molecule has 1 aromatic heterocycles. The van der Waals surface area contributed by atoms with Crippen LogP contribution >= 0.6 is 11.8 Å². The Labute approximate surface area is 194 Å². The van der Waals surface area contributed by atoms with E-state index in [0.717, 1.165) is 12.8 Å². The number of ether oxygens (including phenoxy) is 1. The molecule has 0 radical (unpaired) electrons. The van der Waals surface area contributed by atoms with E-state index in [1.165, 1.54) is 30.1 Å². The van der Waals surface area contributed by atoms with E-state index in [9.17, 15) is 14.9 Å². The zero-order valence-corrected chi connectivity index (χ0v) is 18.7. The van der Waals surface area contributed by atoms with Crippen LogP contribution in [0.3, 0.4) is 0 Å². The van der Waals surface area contributed by atoms with Crippen molar-refractivity contribution in [1.29, 1.82) is 0 Å². The molecule has 0 aliphatic rings. The van der Waals surface area contributed by atoms with Gasteiger partial charge in [0.1, 0.15) is 5.75 Å². The second kappa shape index (κ2) is 12.2. The summed E-state index contributed by atoms with van der Waals surface area (Å²) in [5, 5.41) is 24.6. The van der Waals surface area contributed by atoms with Gasteiger partial charge in [0.25, 0.3) is 5.69 Å². The molecule has 0 aliphatic carbocycles. The van der Waals surface area contributed by atoms with Crippen molar-refractivity contribution in [2.75, 3.05) is 23.1 Å². The lowest BCUT2D eigenvalue weighted by Gasteiger charge is -2.08. The number of hydrazone groups is 1. The van der Waals surface area contributed by atoms with Gasteiger partial charge in [0.05, 0.1) is 23.5 Å². The summed E-state index contributed by atoms with van der Waals surface area (Å²) in [7, 11) is 0. The Morgan fingerprint density at radius 3 is 2.88 bits per heavy atom. The number of hydrogen-bond donors (Lipinski definition) is 3. The Morgan fingerprint density at radius 2 is 2.12 bits per heavy atom. The van der Waals surface area contributed by atoms with Crippen molar-refractivity contribution >= 4 is 41.2 Å². The summed E-state index contributed by atoms with van der Waals surface area (Å²) < 4.78 is 5.65. The maximum atomic E-state index is 12.2. The van der Waals surface area contributed by atoms with Gasteiger partial charge in [-0.25, -0.2) is 10.5 Å². The molecule has 0 atom stereocenters. The molecule has 1 amide bonds. The van der Waals surface area contributed by atoms with E-state index < -0.39 is 4.92 Å². The number of nitro groups is 1. The number of aromatic nitrogens is 3. The summed E-state index contributed by atoms with van der Waals surface area (Å²) in [6.07, 6.45) is 3.52. The van der Waals surface area contributed by atoms with Crippen LogP contribution in [0.5, 0.6) is 5.75 Å². The fraction of sp³-hybridized carbons (Fsp3) is 0.238.